The lowest BCUT2D eigenvalue weighted by atomic mass is 9.92. The van der Waals surface area contributed by atoms with Gasteiger partial charge in [0.05, 0.1) is 13.2 Å². The second kappa shape index (κ2) is 15.6. The molecule has 2 unspecified atom stereocenters. The maximum absolute atomic E-state index is 12.9. The van der Waals surface area contributed by atoms with E-state index < -0.39 is 114 Å². The van der Waals surface area contributed by atoms with Gasteiger partial charge in [0, 0.05) is 0 Å². The topological polar surface area (TPSA) is 247 Å². The summed E-state index contributed by atoms with van der Waals surface area (Å²) in [5.41, 5.74) is -2.22. The number of rotatable bonds is 5. The van der Waals surface area contributed by atoms with E-state index in [1.807, 2.05) is 13.8 Å². The SMILES string of the molecule is CC1(C(=O)O)COC(=O)OC1.CC1(C)OCC([C@H]2O[C@@H]3OC(C)(C)O[C@@H]3[C@H]2O)O1.CC1(C)OCC([C@H]2O[C@@H]3OC(C)(C)O[C@@H]3[C@H]2OC(=O)C2(C)COC(=O)OC2)O1. The van der Waals surface area contributed by atoms with E-state index in [0.717, 1.165) is 0 Å². The Balaban J connectivity index is 0.000000161. The van der Waals surface area contributed by atoms with Crippen LogP contribution in [0.15, 0.2) is 0 Å². The summed E-state index contributed by atoms with van der Waals surface area (Å²) in [5, 5.41) is 18.9. The van der Waals surface area contributed by atoms with Gasteiger partial charge in [0.2, 0.25) is 0 Å². The van der Waals surface area contributed by atoms with Crippen molar-refractivity contribution < 1.29 is 100 Å². The first kappa shape index (κ1) is 43.6. The van der Waals surface area contributed by atoms with Gasteiger partial charge < -0.3 is 81.3 Å². The van der Waals surface area contributed by atoms with Crippen molar-refractivity contribution in [1.82, 2.24) is 0 Å². The summed E-state index contributed by atoms with van der Waals surface area (Å²) >= 11 is 0. The van der Waals surface area contributed by atoms with Gasteiger partial charge in [0.25, 0.3) is 0 Å². The van der Waals surface area contributed by atoms with E-state index in [4.69, 9.17) is 66.7 Å². The zero-order chi connectivity index (χ0) is 41.9. The maximum atomic E-state index is 12.9. The number of carboxylic acids is 1. The fourth-order valence-corrected chi connectivity index (χ4v) is 7.06. The summed E-state index contributed by atoms with van der Waals surface area (Å²) in [7, 11) is 0. The van der Waals surface area contributed by atoms with E-state index in [-0.39, 0.29) is 39.1 Å². The van der Waals surface area contributed by atoms with Crippen molar-refractivity contribution >= 4 is 24.2 Å². The van der Waals surface area contributed by atoms with Gasteiger partial charge in [0.15, 0.2) is 47.9 Å². The van der Waals surface area contributed by atoms with Crippen LogP contribution in [-0.2, 0) is 80.6 Å². The average molecular weight is 823 g/mol. The third kappa shape index (κ3) is 9.75. The largest absolute Gasteiger partial charge is 0.508 e. The molecule has 8 rings (SSSR count). The van der Waals surface area contributed by atoms with Crippen LogP contribution in [0, 0.1) is 10.8 Å². The monoisotopic (exact) mass is 822 g/mol. The summed E-state index contributed by atoms with van der Waals surface area (Å²) in [4.78, 5) is 44.9. The van der Waals surface area contributed by atoms with Crippen LogP contribution < -0.4 is 0 Å². The molecule has 2 N–H and O–H groups in total. The highest BCUT2D eigenvalue weighted by atomic mass is 16.9. The smallest absolute Gasteiger partial charge is 0.481 e. The Hall–Kier alpha value is -2.96. The van der Waals surface area contributed by atoms with Crippen molar-refractivity contribution in [2.75, 3.05) is 39.6 Å². The molecule has 0 radical (unpaired) electrons. The number of esters is 1. The predicted molar refractivity (Wildman–Crippen MR) is 182 cm³/mol. The minimum atomic E-state index is -1.13. The summed E-state index contributed by atoms with van der Waals surface area (Å²) < 4.78 is 81.7. The van der Waals surface area contributed by atoms with Gasteiger partial charge >= 0.3 is 24.2 Å². The van der Waals surface area contributed by atoms with Crippen molar-refractivity contribution in [3.63, 3.8) is 0 Å². The standard InChI is InChI=1S/C18H26O10.C12H20O6.C6H8O5/c1-16(2)23-6-9(26-16)10-11(12-13(24-10)28-17(3,4)27-12)25-14(19)18(5)7-21-15(20)22-8-18;1-11(2)14-5-6(16-11)8-7(13)9-10(15-8)18-12(3,4)17-9;1-6(4(7)8)2-10-5(9)11-3-6/h9-13H,6-8H2,1-5H3;6-10,13H,5H2,1-4H3;2-3H2,1H3,(H,7,8)/t9?,10-,11+,12-,13-;6?,7-,8+,9+,10+;/m10./s1. The lowest BCUT2D eigenvalue weighted by Crippen LogP contribution is -2.50. The highest BCUT2D eigenvalue weighted by Crippen LogP contribution is 2.43. The molecule has 0 aromatic rings. The molecule has 8 heterocycles. The number of aliphatic carboxylic acids is 1. The number of cyclic esters (lactones) is 4. The number of fused-ring (bicyclic) bond motifs is 2. The molecule has 0 bridgehead atoms. The molecule has 0 saturated carbocycles. The van der Waals surface area contributed by atoms with Crippen molar-refractivity contribution in [3.05, 3.63) is 0 Å². The number of aliphatic hydroxyl groups excluding tert-OH is 1. The first-order valence-electron chi connectivity index (χ1n) is 18.7. The Kier molecular flexibility index (Phi) is 11.9. The van der Waals surface area contributed by atoms with Crippen molar-refractivity contribution in [1.29, 1.82) is 0 Å². The first-order valence-corrected chi connectivity index (χ1v) is 18.7. The molecular weight excluding hydrogens is 768 g/mol. The molecule has 324 valence electrons. The number of carbonyl (C=O) groups excluding carboxylic acids is 3. The molecule has 8 aliphatic heterocycles. The molecule has 57 heavy (non-hydrogen) atoms. The Morgan fingerprint density at radius 1 is 0.561 bits per heavy atom. The van der Waals surface area contributed by atoms with Crippen LogP contribution in [0.5, 0.6) is 0 Å². The third-order valence-corrected chi connectivity index (χ3v) is 10.2. The van der Waals surface area contributed by atoms with Crippen molar-refractivity contribution in [3.8, 4) is 0 Å². The van der Waals surface area contributed by atoms with Crippen LogP contribution in [-0.4, -0.2) is 159 Å². The Morgan fingerprint density at radius 3 is 1.42 bits per heavy atom. The fourth-order valence-electron chi connectivity index (χ4n) is 7.06. The molecule has 10 atom stereocenters. The van der Waals surface area contributed by atoms with Crippen LogP contribution in [0.1, 0.15) is 69.2 Å². The predicted octanol–water partition coefficient (Wildman–Crippen LogP) is 1.72. The number of hydrogen-bond donors (Lipinski definition) is 2. The highest BCUT2D eigenvalue weighted by Gasteiger charge is 2.61. The summed E-state index contributed by atoms with van der Waals surface area (Å²) in [6, 6.07) is 0. The number of hydrogen-bond acceptors (Lipinski definition) is 20. The molecule has 0 amide bonds. The number of aliphatic hydroxyl groups is 1. The fraction of sp³-hybridized carbons (Fsp3) is 0.889. The van der Waals surface area contributed by atoms with E-state index in [0.29, 0.717) is 6.61 Å². The van der Waals surface area contributed by atoms with E-state index >= 15 is 0 Å². The third-order valence-electron chi connectivity index (χ3n) is 10.2. The molecule has 0 aromatic heterocycles. The van der Waals surface area contributed by atoms with Gasteiger partial charge in [-0.2, -0.15) is 0 Å². The minimum Gasteiger partial charge on any atom is -0.481 e. The average Bonchev–Trinajstić information content (AvgIpc) is 3.93. The lowest BCUT2D eigenvalue weighted by Gasteiger charge is -2.33. The number of ether oxygens (including phenoxy) is 15. The molecule has 8 fully saturated rings. The lowest BCUT2D eigenvalue weighted by molar-refractivity contribution is -0.237. The highest BCUT2D eigenvalue weighted by molar-refractivity contribution is 5.78. The zero-order valence-corrected chi connectivity index (χ0v) is 33.7. The second-order valence-electron chi connectivity index (χ2n) is 17.3. The zero-order valence-electron chi connectivity index (χ0n) is 33.7. The Labute approximate surface area is 328 Å². The minimum absolute atomic E-state index is 0.124. The molecule has 0 spiro atoms. The quantitative estimate of drug-likeness (QED) is 0.296. The van der Waals surface area contributed by atoms with E-state index in [1.165, 1.54) is 6.92 Å². The first-order chi connectivity index (χ1) is 26.3. The van der Waals surface area contributed by atoms with Crippen LogP contribution in [0.25, 0.3) is 0 Å². The maximum Gasteiger partial charge on any atom is 0.508 e. The van der Waals surface area contributed by atoms with Gasteiger partial charge in [0.1, 0.15) is 73.9 Å². The van der Waals surface area contributed by atoms with E-state index in [9.17, 15) is 24.3 Å². The van der Waals surface area contributed by atoms with Gasteiger partial charge in [-0.1, -0.05) is 0 Å². The number of carboxylic acid groups (broad SMARTS) is 1. The Morgan fingerprint density at radius 2 is 0.982 bits per heavy atom. The molecule has 8 saturated heterocycles. The van der Waals surface area contributed by atoms with Crippen LogP contribution in [0.2, 0.25) is 0 Å². The Bertz CT molecular complexity index is 1510. The van der Waals surface area contributed by atoms with Gasteiger partial charge in [-0.3, -0.25) is 9.59 Å². The molecule has 8 aliphatic rings. The normalized spacial score (nSPS) is 39.7. The molecule has 0 aliphatic carbocycles. The van der Waals surface area contributed by atoms with E-state index in [2.05, 4.69) is 9.47 Å². The van der Waals surface area contributed by atoms with Gasteiger partial charge in [-0.05, 0) is 69.2 Å². The van der Waals surface area contributed by atoms with Crippen LogP contribution in [0.3, 0.4) is 0 Å². The van der Waals surface area contributed by atoms with Crippen molar-refractivity contribution in [2.45, 2.75) is 154 Å². The van der Waals surface area contributed by atoms with Gasteiger partial charge in [-0.15, -0.1) is 0 Å². The van der Waals surface area contributed by atoms with Gasteiger partial charge in [-0.25, -0.2) is 9.59 Å². The van der Waals surface area contributed by atoms with Crippen LogP contribution >= 0.6 is 0 Å². The van der Waals surface area contributed by atoms with E-state index in [1.54, 1.807) is 48.5 Å². The number of carbonyl (C=O) groups is 4. The van der Waals surface area contributed by atoms with Crippen LogP contribution in [0.4, 0.5) is 9.59 Å². The van der Waals surface area contributed by atoms with Crippen molar-refractivity contribution in [2.24, 2.45) is 10.8 Å². The molecule has 0 aromatic carbocycles. The summed E-state index contributed by atoms with van der Waals surface area (Å²) in [6.45, 7) is 17.6. The molecule has 21 heteroatoms. The molecular formula is C36H54O21. The molecule has 21 nitrogen and oxygen atoms in total. The summed E-state index contributed by atoms with van der Waals surface area (Å²) in [6.07, 6.45) is -7.32. The second-order valence-corrected chi connectivity index (χ2v) is 17.3. The summed E-state index contributed by atoms with van der Waals surface area (Å²) in [5.74, 6) is -4.58.